The molecular weight excluding hydrogens is 339 g/mol. The van der Waals surface area contributed by atoms with Gasteiger partial charge in [0.1, 0.15) is 0 Å². The fraction of sp³-hybridized carbons (Fsp3) is 0.286. The average Bonchev–Trinajstić information content (AvgIpc) is 3.03. The predicted octanol–water partition coefficient (Wildman–Crippen LogP) is 5.62. The molecule has 4 rings (SSSR count). The second-order valence-corrected chi connectivity index (χ2v) is 8.53. The molecule has 5 heteroatoms. The maximum Gasteiger partial charge on any atom is 0.206 e. The Kier molecular flexibility index (Phi) is 4.56. The van der Waals surface area contributed by atoms with Gasteiger partial charge in [0.2, 0.25) is 8.37 Å². The van der Waals surface area contributed by atoms with Crippen LogP contribution < -0.4 is 9.45 Å². The van der Waals surface area contributed by atoms with Crippen LogP contribution in [0.1, 0.15) is 31.9 Å². The van der Waals surface area contributed by atoms with Crippen molar-refractivity contribution < 1.29 is 0 Å². The average molecular weight is 364 g/mol. The van der Waals surface area contributed by atoms with Gasteiger partial charge in [-0.05, 0) is 49.8 Å². The van der Waals surface area contributed by atoms with E-state index in [9.17, 15) is 0 Å². The number of allylic oxidation sites excluding steroid dienone is 1. The van der Waals surface area contributed by atoms with Gasteiger partial charge in [-0.15, -0.1) is 5.10 Å². The van der Waals surface area contributed by atoms with Crippen molar-refractivity contribution in [3.05, 3.63) is 65.7 Å². The van der Waals surface area contributed by atoms with Crippen molar-refractivity contribution in [3.63, 3.8) is 0 Å². The van der Waals surface area contributed by atoms with E-state index in [0.717, 1.165) is 24.6 Å². The first-order valence-corrected chi connectivity index (χ1v) is 10.4. The van der Waals surface area contributed by atoms with Crippen LogP contribution in [0.2, 0.25) is 0 Å². The minimum atomic E-state index is -0.769. The molecule has 0 fully saturated rings. The van der Waals surface area contributed by atoms with Crippen molar-refractivity contribution in [2.45, 2.75) is 27.7 Å². The molecule has 2 aromatic rings. The lowest BCUT2D eigenvalue weighted by atomic mass is 9.99. The van der Waals surface area contributed by atoms with E-state index in [0.29, 0.717) is 0 Å². The number of para-hydroxylation sites is 1. The van der Waals surface area contributed by atoms with E-state index in [1.807, 2.05) is 0 Å². The number of rotatable bonds is 4. The van der Waals surface area contributed by atoms with Gasteiger partial charge in [-0.3, -0.25) is 4.67 Å². The van der Waals surface area contributed by atoms with Gasteiger partial charge >= 0.3 is 0 Å². The smallest absolute Gasteiger partial charge is 0.206 e. The van der Waals surface area contributed by atoms with Crippen molar-refractivity contribution >= 4 is 31.2 Å². The van der Waals surface area contributed by atoms with E-state index < -0.39 is 8.37 Å². The molecule has 26 heavy (non-hydrogen) atoms. The van der Waals surface area contributed by atoms with Crippen LogP contribution in [0.5, 0.6) is 0 Å². The maximum absolute atomic E-state index is 5.04. The molecule has 0 bridgehead atoms. The molecular formula is C21H25N4P. The largest absolute Gasteiger partial charge is 0.271 e. The lowest BCUT2D eigenvalue weighted by Gasteiger charge is -2.39. The van der Waals surface area contributed by atoms with Crippen molar-refractivity contribution in [1.82, 2.24) is 4.67 Å². The number of amidine groups is 1. The predicted molar refractivity (Wildman–Crippen MR) is 114 cm³/mol. The first-order valence-electron chi connectivity index (χ1n) is 9.22. The van der Waals surface area contributed by atoms with Crippen molar-refractivity contribution in [2.75, 3.05) is 22.5 Å². The number of hydrazone groups is 1. The summed E-state index contributed by atoms with van der Waals surface area (Å²) in [4.78, 5) is 0. The Labute approximate surface area is 157 Å². The van der Waals surface area contributed by atoms with Gasteiger partial charge < -0.3 is 0 Å². The molecule has 2 aliphatic heterocycles. The van der Waals surface area contributed by atoms with E-state index >= 15 is 0 Å². The summed E-state index contributed by atoms with van der Waals surface area (Å²) < 4.78 is 7.17. The minimum Gasteiger partial charge on any atom is -0.271 e. The highest BCUT2D eigenvalue weighted by molar-refractivity contribution is 7.60. The third-order valence-corrected chi connectivity index (χ3v) is 7.39. The van der Waals surface area contributed by atoms with Gasteiger partial charge in [0.15, 0.2) is 5.84 Å². The summed E-state index contributed by atoms with van der Waals surface area (Å²) in [6.07, 6.45) is 2.23. The van der Waals surface area contributed by atoms with E-state index in [4.69, 9.17) is 5.10 Å². The summed E-state index contributed by atoms with van der Waals surface area (Å²) in [5, 5.41) is 5.04. The lowest BCUT2D eigenvalue weighted by Crippen LogP contribution is -2.34. The summed E-state index contributed by atoms with van der Waals surface area (Å²) in [5.41, 5.74) is 6.31. The van der Waals surface area contributed by atoms with Gasteiger partial charge in [-0.2, -0.15) is 0 Å². The second-order valence-electron chi connectivity index (χ2n) is 6.65. The highest BCUT2D eigenvalue weighted by Crippen LogP contribution is 2.58. The number of nitrogens with zero attached hydrogens (tertiary/aromatic N) is 4. The van der Waals surface area contributed by atoms with Crippen LogP contribution in [0.3, 0.4) is 0 Å². The van der Waals surface area contributed by atoms with Gasteiger partial charge in [-0.1, -0.05) is 43.7 Å². The molecule has 0 amide bonds. The molecule has 1 unspecified atom stereocenters. The van der Waals surface area contributed by atoms with Crippen LogP contribution in [0.25, 0.3) is 5.57 Å². The van der Waals surface area contributed by atoms with E-state index in [1.165, 1.54) is 22.4 Å². The summed E-state index contributed by atoms with van der Waals surface area (Å²) >= 11 is 0. The molecule has 2 heterocycles. The molecule has 0 radical (unpaired) electrons. The number of benzene rings is 2. The van der Waals surface area contributed by atoms with Gasteiger partial charge in [0.05, 0.1) is 11.4 Å². The summed E-state index contributed by atoms with van der Waals surface area (Å²) in [5.74, 6) is 1.04. The zero-order chi connectivity index (χ0) is 18.3. The standard InChI is InChI=1S/C21H25N4P/c1-5-23(6-2)26-24-20-13-12-16(3)14-19(20)17(4)15-21(24)22-25(26)18-10-8-7-9-11-18/h7-15H,5-6H2,1-4H3. The lowest BCUT2D eigenvalue weighted by molar-refractivity contribution is 0.505. The first-order chi connectivity index (χ1) is 12.6. The number of anilines is 2. The van der Waals surface area contributed by atoms with E-state index in [1.54, 1.807) is 0 Å². The van der Waals surface area contributed by atoms with Crippen LogP contribution in [0.4, 0.5) is 11.4 Å². The third kappa shape index (κ3) is 2.74. The Balaban J connectivity index is 1.87. The normalized spacial score (nSPS) is 18.6. The molecule has 2 aliphatic rings. The summed E-state index contributed by atoms with van der Waals surface area (Å²) in [6.45, 7) is 10.8. The minimum absolute atomic E-state index is 0.769. The Morgan fingerprint density at radius 3 is 2.42 bits per heavy atom. The number of aryl methyl sites for hydroxylation is 1. The third-order valence-electron chi connectivity index (χ3n) is 4.88. The van der Waals surface area contributed by atoms with E-state index in [2.05, 4.69) is 96.4 Å². The Morgan fingerprint density at radius 1 is 1.00 bits per heavy atom. The molecule has 0 N–H and O–H groups in total. The first kappa shape index (κ1) is 17.3. The maximum atomic E-state index is 5.04. The molecule has 4 nitrogen and oxygen atoms in total. The van der Waals surface area contributed by atoms with Gasteiger partial charge in [0, 0.05) is 18.7 Å². The van der Waals surface area contributed by atoms with Crippen LogP contribution in [-0.2, 0) is 0 Å². The Hall–Kier alpha value is -2.16. The Morgan fingerprint density at radius 2 is 1.73 bits per heavy atom. The second kappa shape index (κ2) is 6.86. The molecule has 0 aliphatic carbocycles. The topological polar surface area (TPSA) is 22.1 Å². The molecule has 134 valence electrons. The van der Waals surface area contributed by atoms with Crippen LogP contribution in [0.15, 0.2) is 59.7 Å². The molecule has 0 spiro atoms. The quantitative estimate of drug-likeness (QED) is 0.657. The number of hydrogen-bond acceptors (Lipinski definition) is 4. The van der Waals surface area contributed by atoms with Crippen molar-refractivity contribution in [2.24, 2.45) is 5.10 Å². The van der Waals surface area contributed by atoms with Crippen LogP contribution in [-0.4, -0.2) is 23.6 Å². The highest BCUT2D eigenvalue weighted by atomic mass is 31.2. The molecule has 2 aromatic carbocycles. The zero-order valence-electron chi connectivity index (χ0n) is 15.8. The van der Waals surface area contributed by atoms with Crippen LogP contribution in [0, 0.1) is 6.92 Å². The monoisotopic (exact) mass is 364 g/mol. The van der Waals surface area contributed by atoms with Gasteiger partial charge in [0.25, 0.3) is 0 Å². The Bertz CT molecular complexity index is 871. The zero-order valence-corrected chi connectivity index (χ0v) is 16.7. The number of fused-ring (bicyclic) bond motifs is 3. The van der Waals surface area contributed by atoms with Gasteiger partial charge in [-0.25, -0.2) is 9.45 Å². The fourth-order valence-electron chi connectivity index (χ4n) is 3.53. The molecule has 0 aromatic heterocycles. The molecule has 1 atom stereocenters. The highest BCUT2D eigenvalue weighted by Gasteiger charge is 2.42. The fourth-order valence-corrected chi connectivity index (χ4v) is 5.86. The summed E-state index contributed by atoms with van der Waals surface area (Å²) in [7, 11) is -0.769. The SMILES string of the molecule is CCN(CC)P1N(c2ccccc2)N=C2C=C(C)c3cc(C)ccc3N21. The van der Waals surface area contributed by atoms with Crippen LogP contribution >= 0.6 is 8.37 Å². The summed E-state index contributed by atoms with van der Waals surface area (Å²) in [6, 6.07) is 17.3. The molecule has 0 saturated carbocycles. The van der Waals surface area contributed by atoms with Crippen molar-refractivity contribution in [1.29, 1.82) is 0 Å². The van der Waals surface area contributed by atoms with Crippen molar-refractivity contribution in [3.8, 4) is 0 Å². The number of hydrogen-bond donors (Lipinski definition) is 0. The molecule has 0 saturated heterocycles. The van der Waals surface area contributed by atoms with E-state index in [-0.39, 0.29) is 0 Å².